The average molecular weight is 269 g/mol. The lowest BCUT2D eigenvalue weighted by atomic mass is 10.1. The number of amides is 1. The fourth-order valence-electron chi connectivity index (χ4n) is 1.71. The van der Waals surface area contributed by atoms with Crippen LogP contribution >= 0.6 is 0 Å². The number of ether oxygens (including phenoxy) is 4. The van der Waals surface area contributed by atoms with Crippen LogP contribution in [0.3, 0.4) is 0 Å². The van der Waals surface area contributed by atoms with E-state index in [1.807, 2.05) is 0 Å². The van der Waals surface area contributed by atoms with E-state index in [1.165, 1.54) is 13.3 Å². The van der Waals surface area contributed by atoms with Crippen LogP contribution in [-0.4, -0.2) is 31.5 Å². The molecule has 0 unspecified atom stereocenters. The summed E-state index contributed by atoms with van der Waals surface area (Å²) in [6.45, 7) is 3.28. The van der Waals surface area contributed by atoms with Crippen LogP contribution in [0.1, 0.15) is 20.3 Å². The van der Waals surface area contributed by atoms with Gasteiger partial charge in [-0.05, 0) is 0 Å². The minimum absolute atomic E-state index is 0.0965. The summed E-state index contributed by atoms with van der Waals surface area (Å²) in [5.74, 6) is -1.82. The standard InChI is InChI=1S/C12H15NO6/c1-12(2)18-9(11(15)19-12)8(10(14)13-3)4-7-5-16-6-17-7/h5H,4,6H2,1-3H3,(H,13,14). The van der Waals surface area contributed by atoms with Crippen molar-refractivity contribution < 1.29 is 28.5 Å². The molecule has 104 valence electrons. The summed E-state index contributed by atoms with van der Waals surface area (Å²) in [7, 11) is 1.47. The maximum Gasteiger partial charge on any atom is 0.377 e. The first-order chi connectivity index (χ1) is 8.93. The van der Waals surface area contributed by atoms with Gasteiger partial charge in [-0.1, -0.05) is 0 Å². The number of rotatable bonds is 3. The van der Waals surface area contributed by atoms with E-state index in [4.69, 9.17) is 18.9 Å². The second-order valence-electron chi connectivity index (χ2n) is 4.47. The van der Waals surface area contributed by atoms with Crippen molar-refractivity contribution in [3.63, 3.8) is 0 Å². The van der Waals surface area contributed by atoms with Crippen LogP contribution in [0.15, 0.2) is 23.4 Å². The Morgan fingerprint density at radius 3 is 2.63 bits per heavy atom. The number of nitrogens with one attached hydrogen (secondary N) is 1. The molecule has 0 bridgehead atoms. The lowest BCUT2D eigenvalue weighted by Gasteiger charge is -2.15. The number of allylic oxidation sites excluding steroid dienone is 1. The van der Waals surface area contributed by atoms with Crippen molar-refractivity contribution in [1.82, 2.24) is 5.32 Å². The van der Waals surface area contributed by atoms with Crippen molar-refractivity contribution in [1.29, 1.82) is 0 Å². The van der Waals surface area contributed by atoms with Crippen molar-refractivity contribution in [3.05, 3.63) is 23.4 Å². The highest BCUT2D eigenvalue weighted by molar-refractivity contribution is 6.02. The molecule has 1 saturated heterocycles. The second kappa shape index (κ2) is 4.83. The van der Waals surface area contributed by atoms with Crippen molar-refractivity contribution in [2.75, 3.05) is 13.8 Å². The van der Waals surface area contributed by atoms with Gasteiger partial charge in [0.1, 0.15) is 12.0 Å². The third kappa shape index (κ3) is 2.81. The molecule has 1 amide bonds. The number of cyclic esters (lactones) is 1. The summed E-state index contributed by atoms with van der Waals surface area (Å²) in [5.41, 5.74) is 0.148. The topological polar surface area (TPSA) is 83.1 Å². The predicted octanol–water partition coefficient (Wildman–Crippen LogP) is 0.532. The van der Waals surface area contributed by atoms with Crippen LogP contribution in [-0.2, 0) is 28.5 Å². The monoisotopic (exact) mass is 269 g/mol. The van der Waals surface area contributed by atoms with Crippen molar-refractivity contribution in [2.24, 2.45) is 0 Å². The predicted molar refractivity (Wildman–Crippen MR) is 62.1 cm³/mol. The highest BCUT2D eigenvalue weighted by Crippen LogP contribution is 2.31. The highest BCUT2D eigenvalue weighted by Gasteiger charge is 2.41. The van der Waals surface area contributed by atoms with Gasteiger partial charge in [-0.3, -0.25) is 4.79 Å². The molecular weight excluding hydrogens is 254 g/mol. The van der Waals surface area contributed by atoms with Crippen LogP contribution in [0, 0.1) is 0 Å². The van der Waals surface area contributed by atoms with Gasteiger partial charge in [0.15, 0.2) is 0 Å². The van der Waals surface area contributed by atoms with E-state index >= 15 is 0 Å². The average Bonchev–Trinajstić information content (AvgIpc) is 2.92. The lowest BCUT2D eigenvalue weighted by molar-refractivity contribution is -0.159. The molecule has 2 aliphatic rings. The molecule has 2 aliphatic heterocycles. The molecule has 7 heteroatoms. The molecule has 1 fully saturated rings. The molecule has 7 nitrogen and oxygen atoms in total. The van der Waals surface area contributed by atoms with Crippen LogP contribution in [0.4, 0.5) is 0 Å². The lowest BCUT2D eigenvalue weighted by Crippen LogP contribution is -2.23. The third-order valence-electron chi connectivity index (χ3n) is 2.53. The van der Waals surface area contributed by atoms with Crippen molar-refractivity contribution in [2.45, 2.75) is 26.1 Å². The van der Waals surface area contributed by atoms with E-state index in [1.54, 1.807) is 13.8 Å². The zero-order chi connectivity index (χ0) is 14.0. The Kier molecular flexibility index (Phi) is 3.37. The minimum Gasteiger partial charge on any atom is -0.462 e. The normalized spacial score (nSPS) is 22.7. The van der Waals surface area contributed by atoms with E-state index in [2.05, 4.69) is 5.32 Å². The van der Waals surface area contributed by atoms with Crippen molar-refractivity contribution >= 4 is 11.9 Å². The van der Waals surface area contributed by atoms with Crippen LogP contribution < -0.4 is 5.32 Å². The number of hydrogen-bond donors (Lipinski definition) is 1. The quantitative estimate of drug-likeness (QED) is 0.594. The first-order valence-electron chi connectivity index (χ1n) is 5.74. The Morgan fingerprint density at radius 2 is 2.16 bits per heavy atom. The van der Waals surface area contributed by atoms with Gasteiger partial charge in [0.05, 0.1) is 5.57 Å². The van der Waals surface area contributed by atoms with Gasteiger partial charge in [0.2, 0.25) is 18.3 Å². The maximum absolute atomic E-state index is 11.9. The Balaban J connectivity index is 2.31. The summed E-state index contributed by atoms with van der Waals surface area (Å²) in [5, 5.41) is 2.46. The summed E-state index contributed by atoms with van der Waals surface area (Å²) in [6, 6.07) is 0. The summed E-state index contributed by atoms with van der Waals surface area (Å²) < 4.78 is 20.4. The van der Waals surface area contributed by atoms with Gasteiger partial charge < -0.3 is 24.3 Å². The van der Waals surface area contributed by atoms with Crippen LogP contribution in [0.5, 0.6) is 0 Å². The van der Waals surface area contributed by atoms with Gasteiger partial charge in [0.25, 0.3) is 5.91 Å². The Bertz CT molecular complexity index is 477. The van der Waals surface area contributed by atoms with Gasteiger partial charge >= 0.3 is 5.97 Å². The van der Waals surface area contributed by atoms with E-state index in [9.17, 15) is 9.59 Å². The molecule has 0 saturated carbocycles. The van der Waals surface area contributed by atoms with Gasteiger partial charge in [0, 0.05) is 27.3 Å². The molecule has 2 heterocycles. The molecule has 19 heavy (non-hydrogen) atoms. The van der Waals surface area contributed by atoms with Gasteiger partial charge in [-0.25, -0.2) is 4.79 Å². The largest absolute Gasteiger partial charge is 0.462 e. The molecule has 0 radical (unpaired) electrons. The highest BCUT2D eigenvalue weighted by atomic mass is 16.8. The molecule has 0 aromatic heterocycles. The fourth-order valence-corrected chi connectivity index (χ4v) is 1.71. The molecule has 1 N–H and O–H groups in total. The summed E-state index contributed by atoms with van der Waals surface area (Å²) in [4.78, 5) is 23.6. The molecule has 0 spiro atoms. The van der Waals surface area contributed by atoms with Crippen molar-refractivity contribution in [3.8, 4) is 0 Å². The van der Waals surface area contributed by atoms with E-state index < -0.39 is 17.7 Å². The minimum atomic E-state index is -1.08. The smallest absolute Gasteiger partial charge is 0.377 e. The maximum atomic E-state index is 11.9. The third-order valence-corrected chi connectivity index (χ3v) is 2.53. The first kappa shape index (κ1) is 13.3. The SMILES string of the molecule is CNC(=O)C(CC1=COCO1)=C1OC(C)(C)OC1=O. The van der Waals surface area contributed by atoms with E-state index in [0.29, 0.717) is 5.76 Å². The Hall–Kier alpha value is -2.18. The zero-order valence-corrected chi connectivity index (χ0v) is 10.9. The number of likely N-dealkylation sites (N-methyl/N-ethyl adjacent to an activating group) is 1. The molecule has 0 aliphatic carbocycles. The fraction of sp³-hybridized carbons (Fsp3) is 0.500. The first-order valence-corrected chi connectivity index (χ1v) is 5.74. The van der Waals surface area contributed by atoms with Gasteiger partial charge in [-0.2, -0.15) is 0 Å². The summed E-state index contributed by atoms with van der Waals surface area (Å²) in [6.07, 6.45) is 1.50. The molecule has 0 aromatic rings. The molecule has 0 aromatic carbocycles. The number of esters is 1. The second-order valence-corrected chi connectivity index (χ2v) is 4.47. The molecule has 0 atom stereocenters. The van der Waals surface area contributed by atoms with Crippen LogP contribution in [0.2, 0.25) is 0 Å². The number of carbonyl (C=O) groups excluding carboxylic acids is 2. The number of carbonyl (C=O) groups is 2. The molecule has 2 rings (SSSR count). The zero-order valence-electron chi connectivity index (χ0n) is 10.9. The Labute approximate surface area is 110 Å². The molecular formula is C12H15NO6. The van der Waals surface area contributed by atoms with E-state index in [0.717, 1.165) is 0 Å². The Morgan fingerprint density at radius 1 is 1.42 bits per heavy atom. The summed E-state index contributed by atoms with van der Waals surface area (Å²) >= 11 is 0. The van der Waals surface area contributed by atoms with E-state index in [-0.39, 0.29) is 24.5 Å². The van der Waals surface area contributed by atoms with Gasteiger partial charge in [-0.15, -0.1) is 0 Å². The van der Waals surface area contributed by atoms with Crippen LogP contribution in [0.25, 0.3) is 0 Å². The number of hydrogen-bond acceptors (Lipinski definition) is 6.